The Morgan fingerprint density at radius 1 is 1.57 bits per heavy atom. The standard InChI is InChI=1S/C7H6ClNO3S2/c1-9-3-5(10)4-2-6(8)13-7(4)14(9,11)12/h2H,3H2,1H3. The first-order valence-electron chi connectivity index (χ1n) is 3.72. The molecule has 0 saturated heterocycles. The van der Waals surface area contributed by atoms with Crippen LogP contribution in [0.2, 0.25) is 4.34 Å². The van der Waals surface area contributed by atoms with Crippen molar-refractivity contribution in [3.63, 3.8) is 0 Å². The molecule has 0 aliphatic carbocycles. The van der Waals surface area contributed by atoms with E-state index in [-0.39, 0.29) is 22.1 Å². The molecule has 0 bridgehead atoms. The molecule has 14 heavy (non-hydrogen) atoms. The fourth-order valence-electron chi connectivity index (χ4n) is 1.25. The molecular weight excluding hydrogens is 246 g/mol. The second-order valence-electron chi connectivity index (χ2n) is 2.94. The van der Waals surface area contributed by atoms with Crippen molar-refractivity contribution in [3.05, 3.63) is 16.0 Å². The first kappa shape index (κ1) is 10.1. The van der Waals surface area contributed by atoms with Gasteiger partial charge in [0.05, 0.1) is 16.4 Å². The number of ketones is 1. The molecular formula is C7H6ClNO3S2. The minimum absolute atomic E-state index is 0.0567. The van der Waals surface area contributed by atoms with Crippen LogP contribution in [-0.4, -0.2) is 32.1 Å². The molecule has 0 fully saturated rings. The van der Waals surface area contributed by atoms with Gasteiger partial charge >= 0.3 is 0 Å². The number of fused-ring (bicyclic) bond motifs is 1. The van der Waals surface area contributed by atoms with Crippen LogP contribution >= 0.6 is 22.9 Å². The van der Waals surface area contributed by atoms with Crippen molar-refractivity contribution in [2.45, 2.75) is 4.21 Å². The lowest BCUT2D eigenvalue weighted by Gasteiger charge is -2.20. The molecule has 76 valence electrons. The fourth-order valence-corrected chi connectivity index (χ4v) is 4.45. The van der Waals surface area contributed by atoms with E-state index >= 15 is 0 Å². The molecule has 0 aromatic carbocycles. The summed E-state index contributed by atoms with van der Waals surface area (Å²) < 4.78 is 24.8. The van der Waals surface area contributed by atoms with Gasteiger partial charge in [-0.15, -0.1) is 11.3 Å². The van der Waals surface area contributed by atoms with Crippen LogP contribution in [-0.2, 0) is 10.0 Å². The van der Waals surface area contributed by atoms with Gasteiger partial charge in [0.25, 0.3) is 10.0 Å². The number of rotatable bonds is 0. The lowest BCUT2D eigenvalue weighted by atomic mass is 10.2. The van der Waals surface area contributed by atoms with Crippen molar-refractivity contribution in [2.24, 2.45) is 0 Å². The normalized spacial score (nSPS) is 20.9. The Hall–Kier alpha value is -0.430. The third-order valence-corrected chi connectivity index (χ3v) is 5.56. The van der Waals surface area contributed by atoms with E-state index in [1.807, 2.05) is 0 Å². The van der Waals surface area contributed by atoms with Crippen molar-refractivity contribution in [1.82, 2.24) is 4.31 Å². The number of thiophene rings is 1. The summed E-state index contributed by atoms with van der Waals surface area (Å²) in [7, 11) is -2.11. The number of carbonyl (C=O) groups is 1. The van der Waals surface area contributed by atoms with Crippen molar-refractivity contribution >= 4 is 38.7 Å². The molecule has 0 atom stereocenters. The average molecular weight is 252 g/mol. The summed E-state index contributed by atoms with van der Waals surface area (Å²) in [6, 6.07) is 1.41. The van der Waals surface area contributed by atoms with E-state index in [0.717, 1.165) is 15.6 Å². The minimum Gasteiger partial charge on any atom is -0.293 e. The van der Waals surface area contributed by atoms with Crippen molar-refractivity contribution < 1.29 is 13.2 Å². The summed E-state index contributed by atoms with van der Waals surface area (Å²) in [6.45, 7) is -0.109. The molecule has 0 N–H and O–H groups in total. The van der Waals surface area contributed by atoms with Crippen molar-refractivity contribution in [3.8, 4) is 0 Å². The Labute approximate surface area is 90.1 Å². The second kappa shape index (κ2) is 3.03. The predicted octanol–water partition coefficient (Wildman–Crippen LogP) is 1.22. The van der Waals surface area contributed by atoms with Gasteiger partial charge in [0.15, 0.2) is 5.78 Å². The molecule has 4 nitrogen and oxygen atoms in total. The summed E-state index contributed by atoms with van der Waals surface area (Å²) >= 11 is 6.59. The maximum absolute atomic E-state index is 11.7. The summed E-state index contributed by atoms with van der Waals surface area (Å²) in [4.78, 5) is 11.4. The van der Waals surface area contributed by atoms with Crippen molar-refractivity contribution in [2.75, 3.05) is 13.6 Å². The van der Waals surface area contributed by atoms with Gasteiger partial charge in [0, 0.05) is 7.05 Å². The molecule has 2 rings (SSSR count). The number of Topliss-reactive ketones (excluding diaryl/α,β-unsaturated/α-hetero) is 1. The van der Waals surface area contributed by atoms with E-state index in [2.05, 4.69) is 0 Å². The minimum atomic E-state index is -3.49. The summed E-state index contributed by atoms with van der Waals surface area (Å²) in [5.74, 6) is -0.208. The molecule has 0 saturated carbocycles. The molecule has 0 radical (unpaired) electrons. The number of nitrogens with zero attached hydrogens (tertiary/aromatic N) is 1. The van der Waals surface area contributed by atoms with Gasteiger partial charge in [0.1, 0.15) is 4.21 Å². The zero-order chi connectivity index (χ0) is 10.5. The zero-order valence-electron chi connectivity index (χ0n) is 7.15. The van der Waals surface area contributed by atoms with Crippen LogP contribution in [0.4, 0.5) is 0 Å². The topological polar surface area (TPSA) is 54.5 Å². The number of hydrogen-bond donors (Lipinski definition) is 0. The first-order chi connectivity index (χ1) is 6.43. The van der Waals surface area contributed by atoms with Gasteiger partial charge < -0.3 is 0 Å². The van der Waals surface area contributed by atoms with E-state index in [1.165, 1.54) is 13.1 Å². The first-order valence-corrected chi connectivity index (χ1v) is 6.35. The highest BCUT2D eigenvalue weighted by Crippen LogP contribution is 2.35. The van der Waals surface area contributed by atoms with Crippen molar-refractivity contribution in [1.29, 1.82) is 0 Å². The highest BCUT2D eigenvalue weighted by atomic mass is 35.5. The van der Waals surface area contributed by atoms with Gasteiger partial charge in [0.2, 0.25) is 0 Å². The molecule has 0 unspecified atom stereocenters. The second-order valence-corrected chi connectivity index (χ2v) is 6.86. The number of halogens is 1. The lowest BCUT2D eigenvalue weighted by Crippen LogP contribution is -2.36. The number of hydrogen-bond acceptors (Lipinski definition) is 4. The number of sulfonamides is 1. The van der Waals surface area contributed by atoms with Crippen LogP contribution in [0.3, 0.4) is 0 Å². The Balaban J connectivity index is 2.75. The maximum Gasteiger partial charge on any atom is 0.253 e. The molecule has 1 aliphatic rings. The highest BCUT2D eigenvalue weighted by Gasteiger charge is 2.35. The zero-order valence-corrected chi connectivity index (χ0v) is 9.54. The lowest BCUT2D eigenvalue weighted by molar-refractivity contribution is 0.0964. The summed E-state index contributed by atoms with van der Waals surface area (Å²) in [6.07, 6.45) is 0. The third kappa shape index (κ3) is 1.30. The molecule has 1 aliphatic heterocycles. The van der Waals surface area contributed by atoms with Gasteiger partial charge in [-0.2, -0.15) is 4.31 Å². The van der Waals surface area contributed by atoms with Crippen LogP contribution in [0, 0.1) is 0 Å². The van der Waals surface area contributed by atoms with E-state index in [4.69, 9.17) is 11.6 Å². The van der Waals surface area contributed by atoms with E-state index < -0.39 is 10.0 Å². The largest absolute Gasteiger partial charge is 0.293 e. The number of likely N-dealkylation sites (N-methyl/N-ethyl adjacent to an activating group) is 1. The van der Waals surface area contributed by atoms with Crippen LogP contribution in [0.15, 0.2) is 10.3 Å². The monoisotopic (exact) mass is 251 g/mol. The Bertz CT molecular complexity index is 505. The molecule has 1 aromatic heterocycles. The SMILES string of the molecule is CN1CC(=O)c2cc(Cl)sc2S1(=O)=O. The maximum atomic E-state index is 11.7. The molecule has 0 spiro atoms. The van der Waals surface area contributed by atoms with Crippen LogP contribution in [0.5, 0.6) is 0 Å². The van der Waals surface area contributed by atoms with Crippen LogP contribution < -0.4 is 0 Å². The van der Waals surface area contributed by atoms with E-state index in [9.17, 15) is 13.2 Å². The van der Waals surface area contributed by atoms with E-state index in [1.54, 1.807) is 0 Å². The fraction of sp³-hybridized carbons (Fsp3) is 0.286. The Morgan fingerprint density at radius 2 is 2.21 bits per heavy atom. The molecule has 1 aromatic rings. The van der Waals surface area contributed by atoms with Gasteiger partial charge in [-0.1, -0.05) is 11.6 Å². The Kier molecular flexibility index (Phi) is 2.19. The highest BCUT2D eigenvalue weighted by molar-refractivity contribution is 7.91. The van der Waals surface area contributed by atoms with Crippen LogP contribution in [0.1, 0.15) is 10.4 Å². The predicted molar refractivity (Wildman–Crippen MR) is 53.5 cm³/mol. The summed E-state index contributed by atoms with van der Waals surface area (Å²) in [5.41, 5.74) is 0.220. The average Bonchev–Trinajstić information content (AvgIpc) is 2.45. The summed E-state index contributed by atoms with van der Waals surface area (Å²) in [5, 5.41) is 0. The van der Waals surface area contributed by atoms with E-state index in [0.29, 0.717) is 4.34 Å². The Morgan fingerprint density at radius 3 is 2.86 bits per heavy atom. The quantitative estimate of drug-likeness (QED) is 0.697. The van der Waals surface area contributed by atoms with Gasteiger partial charge in [-0.3, -0.25) is 4.79 Å². The van der Waals surface area contributed by atoms with Gasteiger partial charge in [-0.05, 0) is 6.07 Å². The van der Waals surface area contributed by atoms with Crippen LogP contribution in [0.25, 0.3) is 0 Å². The molecule has 2 heterocycles. The smallest absolute Gasteiger partial charge is 0.253 e. The molecule has 7 heteroatoms. The van der Waals surface area contributed by atoms with Gasteiger partial charge in [-0.25, -0.2) is 8.42 Å². The number of carbonyl (C=O) groups excluding carboxylic acids is 1. The third-order valence-electron chi connectivity index (χ3n) is 1.98. The molecule has 0 amide bonds.